The molecule has 0 aliphatic carbocycles. The van der Waals surface area contributed by atoms with Crippen molar-refractivity contribution in [3.63, 3.8) is 0 Å². The van der Waals surface area contributed by atoms with Gasteiger partial charge in [0.05, 0.1) is 0 Å². The Kier molecular flexibility index (Phi) is 1.07. The van der Waals surface area contributed by atoms with Gasteiger partial charge in [-0.05, 0) is 18.6 Å². The van der Waals surface area contributed by atoms with E-state index in [0.717, 1.165) is 5.56 Å². The first-order chi connectivity index (χ1) is 3.39. The summed E-state index contributed by atoms with van der Waals surface area (Å²) in [6.07, 6.45) is 3.45. The van der Waals surface area contributed by atoms with Gasteiger partial charge in [0.1, 0.15) is 0 Å². The van der Waals surface area contributed by atoms with Crippen molar-refractivity contribution in [3.8, 4) is 0 Å². The molecule has 1 aromatic heterocycles. The molecule has 0 aromatic carbocycles. The van der Waals surface area contributed by atoms with Crippen molar-refractivity contribution in [1.82, 2.24) is 4.98 Å². The topological polar surface area (TPSA) is 12.9 Å². The van der Waals surface area contributed by atoms with Gasteiger partial charge in [-0.2, -0.15) is 0 Å². The van der Waals surface area contributed by atoms with E-state index in [4.69, 9.17) is 0 Å². The molecule has 0 saturated heterocycles. The van der Waals surface area contributed by atoms with E-state index >= 15 is 0 Å². The van der Waals surface area contributed by atoms with Crippen molar-refractivity contribution in [2.75, 3.05) is 0 Å². The molecule has 0 unspecified atom stereocenters. The number of pyridine rings is 1. The third kappa shape index (κ3) is 1.000. The van der Waals surface area contributed by atoms with Crippen molar-refractivity contribution < 1.29 is 0 Å². The van der Waals surface area contributed by atoms with Crippen LogP contribution in [0.25, 0.3) is 0 Å². The minimum atomic E-state index is 0.961. The van der Waals surface area contributed by atoms with E-state index in [-0.39, 0.29) is 0 Å². The maximum Gasteiger partial charge on any atom is 0.0299 e. The Hall–Kier alpha value is -0.850. The zero-order chi connectivity index (χ0) is 5.11. The van der Waals surface area contributed by atoms with Crippen LogP contribution in [0.5, 0.6) is 0 Å². The zero-order valence-electron chi connectivity index (χ0n) is 3.96. The molecule has 1 rings (SSSR count). The van der Waals surface area contributed by atoms with Crippen molar-refractivity contribution in [2.24, 2.45) is 0 Å². The van der Waals surface area contributed by atoms with Gasteiger partial charge in [-0.3, -0.25) is 4.98 Å². The quantitative estimate of drug-likeness (QED) is 0.469. The highest BCUT2D eigenvalue weighted by Crippen LogP contribution is 1.88. The van der Waals surface area contributed by atoms with Gasteiger partial charge >= 0.3 is 0 Å². The number of nitrogens with zero attached hydrogens (tertiary/aromatic N) is 1. The van der Waals surface area contributed by atoms with Crippen LogP contribution in [0.2, 0.25) is 0 Å². The largest absolute Gasteiger partial charge is 0.264 e. The Morgan fingerprint density at radius 3 is 2.71 bits per heavy atom. The number of hydrogen-bond donors (Lipinski definition) is 0. The predicted molar refractivity (Wildman–Crippen MR) is 28.7 cm³/mol. The van der Waals surface area contributed by atoms with Gasteiger partial charge in [-0.25, -0.2) is 0 Å². The van der Waals surface area contributed by atoms with Gasteiger partial charge in [-0.15, -0.1) is 0 Å². The number of aromatic nitrogens is 1. The van der Waals surface area contributed by atoms with Crippen LogP contribution in [0.15, 0.2) is 24.5 Å². The van der Waals surface area contributed by atoms with Gasteiger partial charge < -0.3 is 0 Å². The van der Waals surface area contributed by atoms with Crippen molar-refractivity contribution in [2.45, 2.75) is 0 Å². The molecule has 0 aliphatic rings. The minimum Gasteiger partial charge on any atom is -0.264 e. The average Bonchev–Trinajstić information content (AvgIpc) is 1.69. The monoisotopic (exact) mass is 92.1 g/mol. The van der Waals surface area contributed by atoms with E-state index in [0.29, 0.717) is 0 Å². The van der Waals surface area contributed by atoms with Crippen LogP contribution in [-0.2, 0) is 0 Å². The average molecular weight is 92.1 g/mol. The lowest BCUT2D eigenvalue weighted by molar-refractivity contribution is 1.31. The van der Waals surface area contributed by atoms with E-state index in [1.165, 1.54) is 0 Å². The SMILES string of the molecule is [CH2]c1cccnc1. The molecule has 1 radical (unpaired) electrons. The summed E-state index contributed by atoms with van der Waals surface area (Å²) in [7, 11) is 0. The van der Waals surface area contributed by atoms with Gasteiger partial charge in [0, 0.05) is 12.4 Å². The Bertz CT molecular complexity index is 134. The third-order valence-electron chi connectivity index (χ3n) is 0.723. The summed E-state index contributed by atoms with van der Waals surface area (Å²) in [6.45, 7) is 3.66. The van der Waals surface area contributed by atoms with Gasteiger partial charge in [0.15, 0.2) is 0 Å². The highest BCUT2D eigenvalue weighted by molar-refractivity contribution is 5.10. The fraction of sp³-hybridized carbons (Fsp3) is 0. The summed E-state index contributed by atoms with van der Waals surface area (Å²) >= 11 is 0. The molecule has 0 saturated carbocycles. The second-order valence-corrected chi connectivity index (χ2v) is 1.36. The fourth-order valence-electron chi connectivity index (χ4n) is 0.398. The molecule has 7 heavy (non-hydrogen) atoms. The molecule has 0 amide bonds. The Labute approximate surface area is 43.0 Å². The molecule has 0 bridgehead atoms. The molecule has 0 aliphatic heterocycles. The van der Waals surface area contributed by atoms with Crippen molar-refractivity contribution in [1.29, 1.82) is 0 Å². The highest BCUT2D eigenvalue weighted by atomic mass is 14.6. The Balaban J connectivity index is 3.02. The molecule has 0 fully saturated rings. The summed E-state index contributed by atoms with van der Waals surface area (Å²) in [5.41, 5.74) is 0.961. The first kappa shape index (κ1) is 4.31. The lowest BCUT2D eigenvalue weighted by Gasteiger charge is -1.81. The standard InChI is InChI=1S/C6H6N/c1-6-3-2-4-7-5-6/h2-5H,1H2. The maximum absolute atomic E-state index is 3.82. The third-order valence-corrected chi connectivity index (χ3v) is 0.723. The highest BCUT2D eigenvalue weighted by Gasteiger charge is 1.73. The van der Waals surface area contributed by atoms with E-state index in [2.05, 4.69) is 11.9 Å². The van der Waals surface area contributed by atoms with Crippen LogP contribution in [-0.4, -0.2) is 4.98 Å². The van der Waals surface area contributed by atoms with Gasteiger partial charge in [-0.1, -0.05) is 6.07 Å². The molecule has 1 nitrogen and oxygen atoms in total. The number of hydrogen-bond acceptors (Lipinski definition) is 1. The molecule has 0 atom stereocenters. The Morgan fingerprint density at radius 1 is 1.57 bits per heavy atom. The lowest BCUT2D eigenvalue weighted by atomic mass is 10.3. The smallest absolute Gasteiger partial charge is 0.0299 e. The van der Waals surface area contributed by atoms with Gasteiger partial charge in [0.25, 0.3) is 0 Å². The molecule has 0 spiro atoms. The maximum atomic E-state index is 3.82. The predicted octanol–water partition coefficient (Wildman–Crippen LogP) is 1.26. The molecule has 1 heterocycles. The summed E-state index contributed by atoms with van der Waals surface area (Å²) in [5.74, 6) is 0. The molecule has 1 aromatic rings. The van der Waals surface area contributed by atoms with E-state index in [9.17, 15) is 0 Å². The van der Waals surface area contributed by atoms with Crippen LogP contribution < -0.4 is 0 Å². The second-order valence-electron chi connectivity index (χ2n) is 1.36. The lowest BCUT2D eigenvalue weighted by Crippen LogP contribution is -1.69. The second kappa shape index (κ2) is 1.73. The zero-order valence-corrected chi connectivity index (χ0v) is 3.96. The van der Waals surface area contributed by atoms with E-state index in [1.54, 1.807) is 12.4 Å². The van der Waals surface area contributed by atoms with E-state index < -0.39 is 0 Å². The minimum absolute atomic E-state index is 0.961. The number of rotatable bonds is 0. The Morgan fingerprint density at radius 2 is 2.43 bits per heavy atom. The summed E-state index contributed by atoms with van der Waals surface area (Å²) in [4.78, 5) is 3.82. The fourth-order valence-corrected chi connectivity index (χ4v) is 0.398. The van der Waals surface area contributed by atoms with Crippen LogP contribution in [0, 0.1) is 6.92 Å². The van der Waals surface area contributed by atoms with Crippen LogP contribution in [0.3, 0.4) is 0 Å². The molecule has 0 N–H and O–H groups in total. The first-order valence-electron chi connectivity index (χ1n) is 2.11. The summed E-state index contributed by atoms with van der Waals surface area (Å²) in [6, 6.07) is 3.77. The molecular weight excluding hydrogens is 86.1 g/mol. The normalized spacial score (nSPS) is 8.71. The molecular formula is C6H6N. The van der Waals surface area contributed by atoms with E-state index in [1.807, 2.05) is 12.1 Å². The first-order valence-corrected chi connectivity index (χ1v) is 2.11. The van der Waals surface area contributed by atoms with Gasteiger partial charge in [0.2, 0.25) is 0 Å². The molecule has 35 valence electrons. The summed E-state index contributed by atoms with van der Waals surface area (Å²) in [5, 5.41) is 0. The molecule has 1 heteroatoms. The van der Waals surface area contributed by atoms with Crippen LogP contribution >= 0.6 is 0 Å². The summed E-state index contributed by atoms with van der Waals surface area (Å²) < 4.78 is 0. The van der Waals surface area contributed by atoms with Crippen molar-refractivity contribution >= 4 is 0 Å². The van der Waals surface area contributed by atoms with Crippen LogP contribution in [0.1, 0.15) is 5.56 Å². The van der Waals surface area contributed by atoms with Crippen molar-refractivity contribution in [3.05, 3.63) is 37.0 Å². The van der Waals surface area contributed by atoms with Crippen LogP contribution in [0.4, 0.5) is 0 Å².